The minimum Gasteiger partial charge on any atom is -0.462 e. The molecule has 0 spiro atoms. The molecule has 0 saturated heterocycles. The quantitative estimate of drug-likeness (QED) is 0.140. The molecule has 7 nitrogen and oxygen atoms in total. The predicted molar refractivity (Wildman–Crippen MR) is 165 cm³/mol. The van der Waals surface area contributed by atoms with Crippen molar-refractivity contribution < 1.29 is 33.4 Å². The fourth-order valence-corrected chi connectivity index (χ4v) is 10.2. The van der Waals surface area contributed by atoms with Gasteiger partial charge in [0.25, 0.3) is 0 Å². The topological polar surface area (TPSA) is 96.0 Å². The molecule has 0 aromatic carbocycles. The molecular weight excluding hydrogens is 544 g/mol. The lowest BCUT2D eigenvalue weighted by atomic mass is 9.43. The molecule has 0 heterocycles. The van der Waals surface area contributed by atoms with Crippen molar-refractivity contribution in [3.8, 4) is 0 Å². The number of carbonyl (C=O) groups is 4. The number of carbonyl (C=O) groups excluding carboxylic acids is 4. The van der Waals surface area contributed by atoms with Crippen LogP contribution in [0.5, 0.6) is 0 Å². The number of allylic oxidation sites excluding steroid dienone is 4. The second-order valence-corrected chi connectivity index (χ2v) is 15.2. The maximum absolute atomic E-state index is 13.9. The summed E-state index contributed by atoms with van der Waals surface area (Å²) in [4.78, 5) is 50.0. The minimum atomic E-state index is -1.06. The first kappa shape index (κ1) is 33.2. The van der Waals surface area contributed by atoms with Crippen molar-refractivity contribution in [1.82, 2.24) is 0 Å². The zero-order valence-electron chi connectivity index (χ0n) is 27.9. The summed E-state index contributed by atoms with van der Waals surface area (Å²) in [5, 5.41) is 0. The Morgan fingerprint density at radius 3 is 2.00 bits per heavy atom. The Balaban J connectivity index is 1.70. The normalized spacial score (nSPS) is 41.3. The van der Waals surface area contributed by atoms with E-state index in [0.29, 0.717) is 18.8 Å². The Morgan fingerprint density at radius 2 is 1.44 bits per heavy atom. The van der Waals surface area contributed by atoms with Crippen molar-refractivity contribution >= 4 is 23.7 Å². The molecule has 0 amide bonds. The molecule has 7 heteroatoms. The summed E-state index contributed by atoms with van der Waals surface area (Å²) >= 11 is 0. The van der Waals surface area contributed by atoms with E-state index in [9.17, 15) is 19.2 Å². The molecule has 4 rings (SSSR count). The zero-order chi connectivity index (χ0) is 32.3. The summed E-state index contributed by atoms with van der Waals surface area (Å²) in [7, 11) is 0. The van der Waals surface area contributed by atoms with Crippen molar-refractivity contribution in [3.63, 3.8) is 0 Å². The molecular formula is C36H52O7. The number of hydrogen-bond donors (Lipinski definition) is 0. The molecule has 0 radical (unpaired) electrons. The van der Waals surface area contributed by atoms with E-state index in [2.05, 4.69) is 34.3 Å². The van der Waals surface area contributed by atoms with Gasteiger partial charge in [0.15, 0.2) is 11.4 Å². The molecule has 4 aliphatic rings. The number of ketones is 1. The fourth-order valence-electron chi connectivity index (χ4n) is 10.2. The summed E-state index contributed by atoms with van der Waals surface area (Å²) < 4.78 is 17.4. The van der Waals surface area contributed by atoms with E-state index < -0.39 is 23.6 Å². The van der Waals surface area contributed by atoms with Gasteiger partial charge in [0.05, 0.1) is 0 Å². The molecule has 0 aliphatic heterocycles. The smallest absolute Gasteiger partial charge is 0.303 e. The Kier molecular flexibility index (Phi) is 8.76. The van der Waals surface area contributed by atoms with Crippen LogP contribution in [0, 0.1) is 39.9 Å². The maximum atomic E-state index is 13.9. The third-order valence-electron chi connectivity index (χ3n) is 12.0. The molecule has 43 heavy (non-hydrogen) atoms. The summed E-state index contributed by atoms with van der Waals surface area (Å²) in [5.41, 5.74) is 1.22. The van der Waals surface area contributed by atoms with Crippen LogP contribution in [0.25, 0.3) is 0 Å². The Morgan fingerprint density at radius 1 is 0.837 bits per heavy atom. The second kappa shape index (κ2) is 11.3. The molecule has 0 bridgehead atoms. The fraction of sp³-hybridized carbons (Fsp3) is 0.722. The van der Waals surface area contributed by atoms with E-state index in [4.69, 9.17) is 14.2 Å². The van der Waals surface area contributed by atoms with E-state index in [1.165, 1.54) is 20.8 Å². The number of ether oxygens (including phenoxy) is 3. The van der Waals surface area contributed by atoms with E-state index in [0.717, 1.165) is 42.4 Å². The van der Waals surface area contributed by atoms with Gasteiger partial charge in [-0.05, 0) is 81.6 Å². The average Bonchev–Trinajstić information content (AvgIpc) is 3.28. The van der Waals surface area contributed by atoms with Crippen LogP contribution in [0.2, 0.25) is 0 Å². The van der Waals surface area contributed by atoms with Crippen LogP contribution in [0.3, 0.4) is 0 Å². The largest absolute Gasteiger partial charge is 0.462 e. The number of rotatable bonds is 6. The summed E-state index contributed by atoms with van der Waals surface area (Å²) in [6.45, 7) is 23.3. The molecule has 9 atom stereocenters. The summed E-state index contributed by atoms with van der Waals surface area (Å²) in [5.74, 6) is -0.669. The Bertz CT molecular complexity index is 1270. The van der Waals surface area contributed by atoms with E-state index in [-0.39, 0.29) is 51.9 Å². The molecule has 0 aromatic heterocycles. The molecule has 4 saturated carbocycles. The highest BCUT2D eigenvalue weighted by molar-refractivity contribution is 6.00. The van der Waals surface area contributed by atoms with Gasteiger partial charge in [0, 0.05) is 49.5 Å². The third-order valence-corrected chi connectivity index (χ3v) is 12.0. The molecule has 0 N–H and O–H groups in total. The molecule has 0 aromatic rings. The SMILES string of the molecule is C=C(C)[C@@H]1C[C@@H](OC(C)=O)[C@](C)(OC(C)=O)[C@H]1C=C/C(C)=C1\C(=O)C[C@H]2[C@@]3(C)CC[C@H](OC(C)=O)C(C)(C)[C@@H]3CC[C@]12C. The number of esters is 3. The van der Waals surface area contributed by atoms with Gasteiger partial charge >= 0.3 is 17.9 Å². The van der Waals surface area contributed by atoms with E-state index in [1.807, 2.05) is 32.9 Å². The van der Waals surface area contributed by atoms with Gasteiger partial charge in [0.2, 0.25) is 0 Å². The van der Waals surface area contributed by atoms with E-state index >= 15 is 0 Å². The lowest BCUT2D eigenvalue weighted by Crippen LogP contribution is -2.58. The monoisotopic (exact) mass is 596 g/mol. The Labute approximate surface area is 257 Å². The zero-order valence-corrected chi connectivity index (χ0v) is 27.9. The van der Waals surface area contributed by atoms with Crippen LogP contribution in [0.1, 0.15) is 108 Å². The van der Waals surface area contributed by atoms with Gasteiger partial charge in [-0.1, -0.05) is 52.0 Å². The maximum Gasteiger partial charge on any atom is 0.303 e. The first-order valence-corrected chi connectivity index (χ1v) is 15.9. The number of Topliss-reactive ketones (excluding diaryl/α,β-unsaturated/α-hetero) is 1. The van der Waals surface area contributed by atoms with Crippen LogP contribution in [0.15, 0.2) is 35.5 Å². The first-order chi connectivity index (χ1) is 19.8. The lowest BCUT2D eigenvalue weighted by Gasteiger charge is -2.62. The van der Waals surface area contributed by atoms with Crippen LogP contribution >= 0.6 is 0 Å². The van der Waals surface area contributed by atoms with Gasteiger partial charge in [-0.3, -0.25) is 19.2 Å². The molecule has 4 fully saturated rings. The highest BCUT2D eigenvalue weighted by atomic mass is 16.6. The number of fused-ring (bicyclic) bond motifs is 3. The first-order valence-electron chi connectivity index (χ1n) is 15.9. The van der Waals surface area contributed by atoms with Crippen molar-refractivity contribution in [2.24, 2.45) is 39.9 Å². The number of hydrogen-bond acceptors (Lipinski definition) is 7. The van der Waals surface area contributed by atoms with Crippen molar-refractivity contribution in [2.45, 2.75) is 126 Å². The van der Waals surface area contributed by atoms with Crippen LogP contribution in [0.4, 0.5) is 0 Å². The van der Waals surface area contributed by atoms with Crippen LogP contribution < -0.4 is 0 Å². The van der Waals surface area contributed by atoms with Crippen molar-refractivity contribution in [2.75, 3.05) is 0 Å². The van der Waals surface area contributed by atoms with Gasteiger partial charge in [-0.2, -0.15) is 0 Å². The minimum absolute atomic E-state index is 0.0454. The molecule has 0 unspecified atom stereocenters. The van der Waals surface area contributed by atoms with Gasteiger partial charge < -0.3 is 14.2 Å². The highest BCUT2D eigenvalue weighted by Gasteiger charge is 2.65. The van der Waals surface area contributed by atoms with Crippen LogP contribution in [-0.4, -0.2) is 41.5 Å². The molecule has 4 aliphatic carbocycles. The highest BCUT2D eigenvalue weighted by Crippen LogP contribution is 2.69. The van der Waals surface area contributed by atoms with Crippen LogP contribution in [-0.2, 0) is 33.4 Å². The second-order valence-electron chi connectivity index (χ2n) is 15.2. The van der Waals surface area contributed by atoms with E-state index in [1.54, 1.807) is 0 Å². The van der Waals surface area contributed by atoms with Gasteiger partial charge in [-0.25, -0.2) is 0 Å². The van der Waals surface area contributed by atoms with Gasteiger partial charge in [-0.15, -0.1) is 0 Å². The standard InChI is InChI=1S/C36H52O7/c1-20(2)25-18-31(42-23(5)38)36(11,43-24(6)39)26(25)13-12-21(3)32-27(40)19-29-34(9)17-15-30(41-22(4)37)33(7,8)28(34)14-16-35(29,32)10/h12-13,25-26,28-31H,1,14-19H2,2-11H3/b13-12?,32-21+/t25-,26-,28-,29-,30-,31+,34-,35-,36+/m0/s1. The predicted octanol–water partition coefficient (Wildman–Crippen LogP) is 7.09. The summed E-state index contributed by atoms with van der Waals surface area (Å²) in [6, 6.07) is 0. The van der Waals surface area contributed by atoms with Crippen molar-refractivity contribution in [3.05, 3.63) is 35.5 Å². The third kappa shape index (κ3) is 5.55. The van der Waals surface area contributed by atoms with Gasteiger partial charge in [0.1, 0.15) is 12.2 Å². The lowest BCUT2D eigenvalue weighted by molar-refractivity contribution is -0.185. The Hall–Kier alpha value is -2.70. The average molecular weight is 597 g/mol. The van der Waals surface area contributed by atoms with Crippen molar-refractivity contribution in [1.29, 1.82) is 0 Å². The summed E-state index contributed by atoms with van der Waals surface area (Å²) in [6.07, 6.45) is 7.98. The molecule has 238 valence electrons.